The molecule has 0 saturated heterocycles. The molecule has 23 heavy (non-hydrogen) atoms. The van der Waals surface area contributed by atoms with E-state index in [1.54, 1.807) is 6.07 Å². The number of carbonyl (C=O) groups is 1. The first-order chi connectivity index (χ1) is 11.0. The Hall–Kier alpha value is -2.43. The predicted molar refractivity (Wildman–Crippen MR) is 86.2 cm³/mol. The summed E-state index contributed by atoms with van der Waals surface area (Å²) in [4.78, 5) is 12.4. The van der Waals surface area contributed by atoms with Crippen molar-refractivity contribution < 1.29 is 18.3 Å². The zero-order valence-electron chi connectivity index (χ0n) is 13.1. The van der Waals surface area contributed by atoms with Crippen LogP contribution in [0.25, 0.3) is 0 Å². The van der Waals surface area contributed by atoms with Crippen LogP contribution in [0.15, 0.2) is 48.5 Å². The minimum absolute atomic E-state index is 0.0390. The highest BCUT2D eigenvalue weighted by Gasteiger charge is 2.13. The van der Waals surface area contributed by atoms with Crippen molar-refractivity contribution in [3.05, 3.63) is 59.7 Å². The van der Waals surface area contributed by atoms with Gasteiger partial charge in [0, 0.05) is 11.3 Å². The van der Waals surface area contributed by atoms with Crippen molar-refractivity contribution in [2.75, 3.05) is 5.32 Å². The lowest BCUT2D eigenvalue weighted by molar-refractivity contribution is -0.0498. The summed E-state index contributed by atoms with van der Waals surface area (Å²) >= 11 is 0. The summed E-state index contributed by atoms with van der Waals surface area (Å²) in [6, 6.07) is 13.3. The third kappa shape index (κ3) is 4.52. The van der Waals surface area contributed by atoms with E-state index in [0.717, 1.165) is 17.7 Å². The third-order valence-electron chi connectivity index (χ3n) is 3.67. The van der Waals surface area contributed by atoms with Gasteiger partial charge in [0.1, 0.15) is 5.75 Å². The number of hydrogen-bond acceptors (Lipinski definition) is 2. The van der Waals surface area contributed by atoms with Gasteiger partial charge in [0.05, 0.1) is 0 Å². The summed E-state index contributed by atoms with van der Waals surface area (Å²) in [5.41, 5.74) is 2.04. The average Bonchev–Trinajstić information content (AvgIpc) is 2.54. The Labute approximate surface area is 134 Å². The van der Waals surface area contributed by atoms with Crippen LogP contribution in [0.2, 0.25) is 0 Å². The molecule has 1 amide bonds. The van der Waals surface area contributed by atoms with Crippen molar-refractivity contribution in [2.45, 2.75) is 32.8 Å². The van der Waals surface area contributed by atoms with Crippen molar-refractivity contribution >= 4 is 11.6 Å². The zero-order valence-corrected chi connectivity index (χ0v) is 13.1. The van der Waals surface area contributed by atoms with E-state index in [2.05, 4.69) is 23.9 Å². The second-order valence-electron chi connectivity index (χ2n) is 5.26. The molecule has 1 N–H and O–H groups in total. The number of benzene rings is 2. The smallest absolute Gasteiger partial charge is 0.387 e. The maximum absolute atomic E-state index is 12.4. The average molecular weight is 319 g/mol. The van der Waals surface area contributed by atoms with E-state index in [1.165, 1.54) is 18.2 Å². The summed E-state index contributed by atoms with van der Waals surface area (Å²) < 4.78 is 28.8. The van der Waals surface area contributed by atoms with Crippen molar-refractivity contribution in [2.24, 2.45) is 0 Å². The molecule has 0 unspecified atom stereocenters. The van der Waals surface area contributed by atoms with Gasteiger partial charge < -0.3 is 10.1 Å². The van der Waals surface area contributed by atoms with Crippen LogP contribution in [0.3, 0.4) is 0 Å². The molecule has 0 fully saturated rings. The molecule has 0 saturated carbocycles. The predicted octanol–water partition coefficient (Wildman–Crippen LogP) is 5.05. The summed E-state index contributed by atoms with van der Waals surface area (Å²) in [7, 11) is 0. The number of ether oxygens (including phenoxy) is 1. The Balaban J connectivity index is 2.20. The van der Waals surface area contributed by atoms with E-state index in [-0.39, 0.29) is 17.2 Å². The molecule has 0 bridgehead atoms. The number of anilines is 1. The maximum Gasteiger partial charge on any atom is 0.387 e. The van der Waals surface area contributed by atoms with Crippen molar-refractivity contribution in [1.82, 2.24) is 0 Å². The SMILES string of the molecule is CC[C@H](C)c1ccccc1NC(=O)c1cccc(OC(F)F)c1. The van der Waals surface area contributed by atoms with Gasteiger partial charge >= 0.3 is 6.61 Å². The van der Waals surface area contributed by atoms with Crippen LogP contribution in [-0.2, 0) is 0 Å². The number of hydrogen-bond donors (Lipinski definition) is 1. The van der Waals surface area contributed by atoms with Gasteiger partial charge in [-0.25, -0.2) is 0 Å². The van der Waals surface area contributed by atoms with Gasteiger partial charge in [0.2, 0.25) is 0 Å². The molecule has 0 heterocycles. The first-order valence-corrected chi connectivity index (χ1v) is 7.46. The highest BCUT2D eigenvalue weighted by molar-refractivity contribution is 6.04. The van der Waals surface area contributed by atoms with Crippen LogP contribution < -0.4 is 10.1 Å². The number of rotatable bonds is 6. The fraction of sp³-hybridized carbons (Fsp3) is 0.278. The minimum Gasteiger partial charge on any atom is -0.435 e. The standard InChI is InChI=1S/C18H19F2NO2/c1-3-12(2)15-9-4-5-10-16(15)21-17(22)13-7-6-8-14(11-13)23-18(19)20/h4-12,18H,3H2,1-2H3,(H,21,22)/t12-/m0/s1. The summed E-state index contributed by atoms with van der Waals surface area (Å²) in [6.45, 7) is 1.25. The lowest BCUT2D eigenvalue weighted by Crippen LogP contribution is -2.14. The Morgan fingerprint density at radius 2 is 1.91 bits per heavy atom. The molecule has 3 nitrogen and oxygen atoms in total. The van der Waals surface area contributed by atoms with Gasteiger partial charge in [-0.1, -0.05) is 38.1 Å². The lowest BCUT2D eigenvalue weighted by Gasteiger charge is -2.15. The number of carbonyl (C=O) groups excluding carboxylic acids is 1. The molecule has 0 aliphatic carbocycles. The monoisotopic (exact) mass is 319 g/mol. The van der Waals surface area contributed by atoms with Gasteiger partial charge in [0.15, 0.2) is 0 Å². The van der Waals surface area contributed by atoms with Gasteiger partial charge in [-0.2, -0.15) is 8.78 Å². The van der Waals surface area contributed by atoms with Gasteiger partial charge in [0.25, 0.3) is 5.91 Å². The molecule has 0 radical (unpaired) electrons. The van der Waals surface area contributed by atoms with E-state index in [4.69, 9.17) is 0 Å². The molecular weight excluding hydrogens is 300 g/mol. The van der Waals surface area contributed by atoms with E-state index in [1.807, 2.05) is 24.3 Å². The largest absolute Gasteiger partial charge is 0.435 e. The Bertz CT molecular complexity index is 674. The number of para-hydroxylation sites is 1. The van der Waals surface area contributed by atoms with Crippen LogP contribution in [0, 0.1) is 0 Å². The molecule has 2 aromatic carbocycles. The Morgan fingerprint density at radius 1 is 1.17 bits per heavy atom. The van der Waals surface area contributed by atoms with Crippen LogP contribution >= 0.6 is 0 Å². The number of halogens is 2. The number of amides is 1. The summed E-state index contributed by atoms with van der Waals surface area (Å²) in [6.07, 6.45) is 0.949. The third-order valence-corrected chi connectivity index (χ3v) is 3.67. The zero-order chi connectivity index (χ0) is 16.8. The number of alkyl halides is 2. The van der Waals surface area contributed by atoms with Crippen LogP contribution in [-0.4, -0.2) is 12.5 Å². The molecule has 5 heteroatoms. The quantitative estimate of drug-likeness (QED) is 0.808. The van der Waals surface area contributed by atoms with Crippen molar-refractivity contribution in [1.29, 1.82) is 0 Å². The van der Waals surface area contributed by atoms with Crippen molar-refractivity contribution in [3.63, 3.8) is 0 Å². The fourth-order valence-electron chi connectivity index (χ4n) is 2.27. The molecule has 0 aliphatic rings. The first-order valence-electron chi connectivity index (χ1n) is 7.46. The van der Waals surface area contributed by atoms with Gasteiger partial charge in [-0.15, -0.1) is 0 Å². The van der Waals surface area contributed by atoms with E-state index < -0.39 is 6.61 Å². The molecule has 122 valence electrons. The van der Waals surface area contributed by atoms with Crippen LogP contribution in [0.5, 0.6) is 5.75 Å². The number of nitrogens with one attached hydrogen (secondary N) is 1. The Morgan fingerprint density at radius 3 is 2.61 bits per heavy atom. The van der Waals surface area contributed by atoms with Gasteiger partial charge in [-0.05, 0) is 42.2 Å². The first kappa shape index (κ1) is 16.9. The van der Waals surface area contributed by atoms with E-state index in [9.17, 15) is 13.6 Å². The van der Waals surface area contributed by atoms with E-state index in [0.29, 0.717) is 5.92 Å². The molecule has 0 aliphatic heterocycles. The second kappa shape index (κ2) is 7.72. The molecule has 0 spiro atoms. The second-order valence-corrected chi connectivity index (χ2v) is 5.26. The van der Waals surface area contributed by atoms with Crippen LogP contribution in [0.4, 0.5) is 14.5 Å². The highest BCUT2D eigenvalue weighted by atomic mass is 19.3. The van der Waals surface area contributed by atoms with Crippen molar-refractivity contribution in [3.8, 4) is 5.75 Å². The lowest BCUT2D eigenvalue weighted by atomic mass is 9.97. The molecule has 2 aromatic rings. The summed E-state index contributed by atoms with van der Waals surface area (Å²) in [5, 5.41) is 2.84. The topological polar surface area (TPSA) is 38.3 Å². The molecular formula is C18H19F2NO2. The molecule has 1 atom stereocenters. The van der Waals surface area contributed by atoms with Crippen LogP contribution in [0.1, 0.15) is 42.1 Å². The molecule has 2 rings (SSSR count). The molecule has 0 aromatic heterocycles. The maximum atomic E-state index is 12.4. The highest BCUT2D eigenvalue weighted by Crippen LogP contribution is 2.27. The normalized spacial score (nSPS) is 12.0. The van der Waals surface area contributed by atoms with E-state index >= 15 is 0 Å². The minimum atomic E-state index is -2.92. The van der Waals surface area contributed by atoms with Gasteiger partial charge in [-0.3, -0.25) is 4.79 Å². The fourth-order valence-corrected chi connectivity index (χ4v) is 2.27. The Kier molecular flexibility index (Phi) is 5.68. The summed E-state index contributed by atoms with van der Waals surface area (Å²) in [5.74, 6) is -0.0941.